The molecule has 0 saturated carbocycles. The average Bonchev–Trinajstić information content (AvgIpc) is 2.15. The SMILES string of the molecule is COc1nccnc1OCC=O. The van der Waals surface area contributed by atoms with Gasteiger partial charge in [-0.05, 0) is 0 Å². The van der Waals surface area contributed by atoms with E-state index in [2.05, 4.69) is 9.97 Å². The van der Waals surface area contributed by atoms with E-state index >= 15 is 0 Å². The first-order valence-electron chi connectivity index (χ1n) is 3.30. The predicted molar refractivity (Wildman–Crippen MR) is 40.1 cm³/mol. The molecule has 0 bridgehead atoms. The summed E-state index contributed by atoms with van der Waals surface area (Å²) in [5.41, 5.74) is 0. The van der Waals surface area contributed by atoms with Gasteiger partial charge in [0.25, 0.3) is 11.8 Å². The van der Waals surface area contributed by atoms with Crippen molar-refractivity contribution in [2.75, 3.05) is 13.7 Å². The summed E-state index contributed by atoms with van der Waals surface area (Å²) in [5, 5.41) is 0. The summed E-state index contributed by atoms with van der Waals surface area (Å²) in [4.78, 5) is 17.6. The zero-order chi connectivity index (χ0) is 8.81. The van der Waals surface area contributed by atoms with Gasteiger partial charge in [0.1, 0.15) is 6.61 Å². The highest BCUT2D eigenvalue weighted by atomic mass is 16.5. The number of ether oxygens (including phenoxy) is 2. The lowest BCUT2D eigenvalue weighted by Crippen LogP contribution is -2.02. The van der Waals surface area contributed by atoms with Crippen LogP contribution in [0.5, 0.6) is 11.8 Å². The monoisotopic (exact) mass is 168 g/mol. The van der Waals surface area contributed by atoms with Crippen molar-refractivity contribution < 1.29 is 14.3 Å². The number of nitrogens with zero attached hydrogens (tertiary/aromatic N) is 2. The van der Waals surface area contributed by atoms with Crippen LogP contribution >= 0.6 is 0 Å². The number of carbonyl (C=O) groups is 1. The second-order valence-electron chi connectivity index (χ2n) is 1.85. The lowest BCUT2D eigenvalue weighted by atomic mass is 10.6. The maximum absolute atomic E-state index is 9.96. The van der Waals surface area contributed by atoms with Crippen LogP contribution in [0, 0.1) is 0 Å². The Kier molecular flexibility index (Phi) is 3.01. The van der Waals surface area contributed by atoms with Crippen LogP contribution in [0.1, 0.15) is 0 Å². The van der Waals surface area contributed by atoms with Crippen LogP contribution in [0.25, 0.3) is 0 Å². The van der Waals surface area contributed by atoms with Gasteiger partial charge in [-0.25, -0.2) is 9.97 Å². The average molecular weight is 168 g/mol. The highest BCUT2D eigenvalue weighted by Gasteiger charge is 2.04. The maximum atomic E-state index is 9.96. The molecule has 0 radical (unpaired) electrons. The lowest BCUT2D eigenvalue weighted by Gasteiger charge is -2.03. The second-order valence-corrected chi connectivity index (χ2v) is 1.85. The van der Waals surface area contributed by atoms with E-state index < -0.39 is 0 Å². The van der Waals surface area contributed by atoms with Crippen LogP contribution in [0.4, 0.5) is 0 Å². The van der Waals surface area contributed by atoms with E-state index in [-0.39, 0.29) is 18.4 Å². The Bertz CT molecular complexity index is 265. The van der Waals surface area contributed by atoms with Crippen LogP contribution in [-0.2, 0) is 4.79 Å². The van der Waals surface area contributed by atoms with Crippen molar-refractivity contribution in [3.8, 4) is 11.8 Å². The molecule has 0 amide bonds. The fourth-order valence-electron chi connectivity index (χ4n) is 0.664. The Balaban J connectivity index is 2.74. The molecule has 0 saturated heterocycles. The first kappa shape index (κ1) is 8.45. The van der Waals surface area contributed by atoms with Gasteiger partial charge in [0.05, 0.1) is 7.11 Å². The Morgan fingerprint density at radius 1 is 1.42 bits per heavy atom. The standard InChI is InChI=1S/C7H8N2O3/c1-11-6-7(12-5-4-10)9-3-2-8-6/h2-4H,5H2,1H3. The first-order chi connectivity index (χ1) is 5.88. The number of hydrogen-bond acceptors (Lipinski definition) is 5. The molecule has 0 fully saturated rings. The van der Waals surface area contributed by atoms with Gasteiger partial charge < -0.3 is 9.47 Å². The third-order valence-electron chi connectivity index (χ3n) is 1.11. The largest absolute Gasteiger partial charge is 0.477 e. The molecule has 5 heteroatoms. The summed E-state index contributed by atoms with van der Waals surface area (Å²) in [6.45, 7) is -0.0466. The molecule has 12 heavy (non-hydrogen) atoms. The van der Waals surface area contributed by atoms with Crippen LogP contribution in [0.15, 0.2) is 12.4 Å². The molecule has 1 aromatic heterocycles. The Morgan fingerprint density at radius 3 is 2.67 bits per heavy atom. The van der Waals surface area contributed by atoms with Crippen molar-refractivity contribution in [2.45, 2.75) is 0 Å². The summed E-state index contributed by atoms with van der Waals surface area (Å²) < 4.78 is 9.74. The summed E-state index contributed by atoms with van der Waals surface area (Å²) in [7, 11) is 1.46. The summed E-state index contributed by atoms with van der Waals surface area (Å²) in [5.74, 6) is 0.506. The van der Waals surface area contributed by atoms with Crippen LogP contribution in [0.3, 0.4) is 0 Å². The van der Waals surface area contributed by atoms with Crippen molar-refractivity contribution in [3.63, 3.8) is 0 Å². The van der Waals surface area contributed by atoms with Crippen molar-refractivity contribution >= 4 is 6.29 Å². The Morgan fingerprint density at radius 2 is 2.08 bits per heavy atom. The van der Waals surface area contributed by atoms with Crippen LogP contribution in [0.2, 0.25) is 0 Å². The number of aldehydes is 1. The third-order valence-corrected chi connectivity index (χ3v) is 1.11. The summed E-state index contributed by atoms with van der Waals surface area (Å²) in [6, 6.07) is 0. The zero-order valence-corrected chi connectivity index (χ0v) is 6.56. The van der Waals surface area contributed by atoms with E-state index in [9.17, 15) is 4.79 Å². The molecule has 0 aliphatic rings. The van der Waals surface area contributed by atoms with Gasteiger partial charge in [-0.2, -0.15) is 0 Å². The van der Waals surface area contributed by atoms with Crippen molar-refractivity contribution in [1.29, 1.82) is 0 Å². The van der Waals surface area contributed by atoms with Gasteiger partial charge in [-0.3, -0.25) is 4.79 Å². The third kappa shape index (κ3) is 1.91. The van der Waals surface area contributed by atoms with E-state index in [0.29, 0.717) is 6.29 Å². The van der Waals surface area contributed by atoms with E-state index in [4.69, 9.17) is 9.47 Å². The number of rotatable bonds is 4. The predicted octanol–water partition coefficient (Wildman–Crippen LogP) is 0.0629. The number of methoxy groups -OCH3 is 1. The highest BCUT2D eigenvalue weighted by molar-refractivity contribution is 5.51. The zero-order valence-electron chi connectivity index (χ0n) is 6.56. The molecule has 1 heterocycles. The maximum Gasteiger partial charge on any atom is 0.278 e. The highest BCUT2D eigenvalue weighted by Crippen LogP contribution is 2.18. The minimum absolute atomic E-state index is 0.0466. The molecule has 0 aliphatic heterocycles. The van der Waals surface area contributed by atoms with Crippen molar-refractivity contribution in [3.05, 3.63) is 12.4 Å². The van der Waals surface area contributed by atoms with Gasteiger partial charge in [0.15, 0.2) is 6.29 Å². The van der Waals surface area contributed by atoms with E-state index in [0.717, 1.165) is 0 Å². The molecule has 1 rings (SSSR count). The molecule has 0 atom stereocenters. The van der Waals surface area contributed by atoms with E-state index in [1.807, 2.05) is 0 Å². The topological polar surface area (TPSA) is 61.3 Å². The molecular weight excluding hydrogens is 160 g/mol. The molecule has 0 unspecified atom stereocenters. The Hall–Kier alpha value is -1.65. The van der Waals surface area contributed by atoms with Gasteiger partial charge in [-0.1, -0.05) is 0 Å². The molecule has 1 aromatic rings. The van der Waals surface area contributed by atoms with Gasteiger partial charge >= 0.3 is 0 Å². The molecule has 0 spiro atoms. The van der Waals surface area contributed by atoms with Crippen LogP contribution < -0.4 is 9.47 Å². The molecule has 5 nitrogen and oxygen atoms in total. The molecule has 64 valence electrons. The molecule has 0 aliphatic carbocycles. The fourth-order valence-corrected chi connectivity index (χ4v) is 0.664. The quantitative estimate of drug-likeness (QED) is 0.595. The number of hydrogen-bond donors (Lipinski definition) is 0. The molecule has 0 N–H and O–H groups in total. The summed E-state index contributed by atoms with van der Waals surface area (Å²) in [6.07, 6.45) is 3.57. The van der Waals surface area contributed by atoms with Crippen molar-refractivity contribution in [1.82, 2.24) is 9.97 Å². The second kappa shape index (κ2) is 4.27. The fraction of sp³-hybridized carbons (Fsp3) is 0.286. The van der Waals surface area contributed by atoms with Gasteiger partial charge in [0.2, 0.25) is 0 Å². The minimum Gasteiger partial charge on any atom is -0.477 e. The summed E-state index contributed by atoms with van der Waals surface area (Å²) >= 11 is 0. The smallest absolute Gasteiger partial charge is 0.278 e. The van der Waals surface area contributed by atoms with E-state index in [1.54, 1.807) is 0 Å². The van der Waals surface area contributed by atoms with Gasteiger partial charge in [-0.15, -0.1) is 0 Å². The van der Waals surface area contributed by atoms with Crippen LogP contribution in [-0.4, -0.2) is 30.0 Å². The normalized spacial score (nSPS) is 9.08. The number of carbonyl (C=O) groups excluding carboxylic acids is 1. The Labute approximate surface area is 69.4 Å². The van der Waals surface area contributed by atoms with Crippen molar-refractivity contribution in [2.24, 2.45) is 0 Å². The molecule has 0 aromatic carbocycles. The van der Waals surface area contributed by atoms with Gasteiger partial charge in [0, 0.05) is 12.4 Å². The number of aromatic nitrogens is 2. The van der Waals surface area contributed by atoms with E-state index in [1.165, 1.54) is 19.5 Å². The first-order valence-corrected chi connectivity index (χ1v) is 3.30. The molecular formula is C7H8N2O3. The minimum atomic E-state index is -0.0466. The lowest BCUT2D eigenvalue weighted by molar-refractivity contribution is -0.109.